The molecule has 0 saturated heterocycles. The summed E-state index contributed by atoms with van der Waals surface area (Å²) in [6, 6.07) is 51.9. The molecule has 72 heavy (non-hydrogen) atoms. The molecule has 0 unspecified atom stereocenters. The van der Waals surface area contributed by atoms with Crippen LogP contribution in [-0.4, -0.2) is 9.52 Å². The molecule has 0 saturated carbocycles. The van der Waals surface area contributed by atoms with Gasteiger partial charge in [-0.1, -0.05) is 203 Å². The van der Waals surface area contributed by atoms with Crippen LogP contribution in [0, 0.1) is 17.9 Å². The van der Waals surface area contributed by atoms with Gasteiger partial charge in [-0.15, -0.1) is 74.6 Å². The van der Waals surface area contributed by atoms with Crippen LogP contribution in [0.3, 0.4) is 0 Å². The molecule has 8 aromatic rings. The van der Waals surface area contributed by atoms with E-state index in [4.69, 9.17) is 17.0 Å². The van der Waals surface area contributed by atoms with Gasteiger partial charge in [-0.3, -0.25) is 0 Å². The molecule has 0 nitrogen and oxygen atoms in total. The third kappa shape index (κ3) is 14.7. The number of aryl methyl sites for hydroxylation is 2. The van der Waals surface area contributed by atoms with Gasteiger partial charge in [0.15, 0.2) is 0 Å². The van der Waals surface area contributed by atoms with Crippen LogP contribution in [0.15, 0.2) is 127 Å². The summed E-state index contributed by atoms with van der Waals surface area (Å²) in [5, 5.41) is 8.50. The second kappa shape index (κ2) is 27.1. The monoisotopic (exact) mass is 1090 g/mol. The molecule has 0 bridgehead atoms. The molecular weight excluding hydrogens is 1010 g/mol. The number of hydrogen-bond acceptors (Lipinski definition) is 0. The number of hydrogen-bond donors (Lipinski definition) is 0. The van der Waals surface area contributed by atoms with Crippen molar-refractivity contribution in [2.75, 3.05) is 0 Å². The Balaban J connectivity index is 0.000000181. The summed E-state index contributed by atoms with van der Waals surface area (Å²) in [6.07, 6.45) is 6.94. The van der Waals surface area contributed by atoms with Crippen molar-refractivity contribution in [3.05, 3.63) is 178 Å². The molecule has 0 aliphatic carbocycles. The first-order valence-electron chi connectivity index (χ1n) is 27.0. The first-order chi connectivity index (χ1) is 34.5. The zero-order valence-electron chi connectivity index (χ0n) is 46.1. The molecule has 0 atom stereocenters. The quantitative estimate of drug-likeness (QED) is 0.0752. The van der Waals surface area contributed by atoms with Crippen molar-refractivity contribution < 1.29 is 20.8 Å². The molecule has 8 aromatic carbocycles. The fraction of sp³-hybridized carbons (Fsp3) is 0.382. The van der Waals surface area contributed by atoms with Gasteiger partial charge in [-0.2, -0.15) is 41.6 Å². The summed E-state index contributed by atoms with van der Waals surface area (Å²) in [5.41, 5.74) is 20.3. The van der Waals surface area contributed by atoms with Gasteiger partial charge in [0.25, 0.3) is 0 Å². The number of fused-ring (bicyclic) bond motifs is 5. The molecule has 2 radical (unpaired) electrons. The average molecular weight is 1090 g/mol. The largest absolute Gasteiger partial charge is 0.184 e. The topological polar surface area (TPSA) is 0 Å². The van der Waals surface area contributed by atoms with Crippen molar-refractivity contribution in [2.24, 2.45) is 11.8 Å². The van der Waals surface area contributed by atoms with Crippen molar-refractivity contribution in [2.45, 2.75) is 159 Å². The molecule has 1 heterocycles. The first-order valence-corrected chi connectivity index (χ1v) is 34.4. The van der Waals surface area contributed by atoms with Gasteiger partial charge < -0.3 is 0 Å². The van der Waals surface area contributed by atoms with Gasteiger partial charge in [-0.05, 0) is 94.6 Å². The van der Waals surface area contributed by atoms with Crippen LogP contribution in [0.1, 0.15) is 178 Å². The number of benzene rings is 6. The second-order valence-corrected chi connectivity index (χ2v) is 27.2. The molecule has 0 aromatic heterocycles. The van der Waals surface area contributed by atoms with Crippen molar-refractivity contribution >= 4 is 58.5 Å². The smallest absolute Gasteiger partial charge is 0.0920 e. The minimum atomic E-state index is -0.826. The zero-order valence-corrected chi connectivity index (χ0v) is 51.1. The van der Waals surface area contributed by atoms with E-state index in [1.54, 1.807) is 0 Å². The molecule has 0 spiro atoms. The SMILES string of the molecule is CCCc1ccc2[cH-]c(CC(C)C)cc2c1-c1cc(C(C)C)cc(C(C)C)c1.CCCc1ccc2[cH-]c(CC(C)C)cc2c1-c1cc(C(C)C)cc(C(C)C)c1.[Cl][Zr][Cl].[c-]1cccc2c1[Si]c1ccccc1-2. The molecule has 1 aliphatic rings. The van der Waals surface area contributed by atoms with E-state index in [0.29, 0.717) is 35.5 Å². The predicted molar refractivity (Wildman–Crippen MR) is 319 cm³/mol. The standard InChI is InChI=1S/2C28H37.C12H7Si.2ClH.Zr/c2*1-8-9-22-10-11-23-13-21(12-18(2)3)14-27(23)28(22)26-16-24(19(4)5)15-25(17-26)20(6)7;1-3-7-11-9(5-1)10-6-2-4-8-12(10)13-11;;;/h2*10-11,13-20H,8-9,12H2,1-7H3;1-7H;2*1H;/q3*-1;;;+2/p-2. The maximum atomic E-state index is 4.93. The molecule has 0 fully saturated rings. The second-order valence-electron chi connectivity index (χ2n) is 22.2. The van der Waals surface area contributed by atoms with E-state index in [2.05, 4.69) is 224 Å². The first kappa shape index (κ1) is 57.5. The Kier molecular flexibility index (Phi) is 21.7. The van der Waals surface area contributed by atoms with Crippen LogP contribution in [0.5, 0.6) is 0 Å². The molecule has 0 N–H and O–H groups in total. The van der Waals surface area contributed by atoms with E-state index in [0.717, 1.165) is 35.2 Å². The van der Waals surface area contributed by atoms with Crippen molar-refractivity contribution in [3.63, 3.8) is 0 Å². The summed E-state index contributed by atoms with van der Waals surface area (Å²) in [6.45, 7) is 32.2. The normalized spacial score (nSPS) is 11.8. The summed E-state index contributed by atoms with van der Waals surface area (Å²) in [7, 11) is 10.7. The van der Waals surface area contributed by atoms with Crippen LogP contribution in [0.25, 0.3) is 54.9 Å². The van der Waals surface area contributed by atoms with Crippen LogP contribution in [-0.2, 0) is 46.5 Å². The van der Waals surface area contributed by atoms with Crippen LogP contribution in [0.2, 0.25) is 0 Å². The van der Waals surface area contributed by atoms with Gasteiger partial charge >= 0.3 is 37.9 Å². The Morgan fingerprint density at radius 2 is 0.903 bits per heavy atom. The van der Waals surface area contributed by atoms with E-state index in [1.165, 1.54) is 123 Å². The van der Waals surface area contributed by atoms with E-state index in [9.17, 15) is 0 Å². The Morgan fingerprint density at radius 1 is 0.500 bits per heavy atom. The predicted octanol–water partition coefficient (Wildman–Crippen LogP) is 19.7. The zero-order chi connectivity index (χ0) is 52.2. The van der Waals surface area contributed by atoms with Crippen molar-refractivity contribution in [1.82, 2.24) is 0 Å². The third-order valence-electron chi connectivity index (χ3n) is 13.9. The minimum absolute atomic E-state index is 0.544. The van der Waals surface area contributed by atoms with Gasteiger partial charge in [0.05, 0.1) is 9.52 Å². The van der Waals surface area contributed by atoms with Crippen LogP contribution >= 0.6 is 17.0 Å². The summed E-state index contributed by atoms with van der Waals surface area (Å²) in [4.78, 5) is 0. The summed E-state index contributed by atoms with van der Waals surface area (Å²) in [5.74, 6) is 3.55. The Bertz CT molecular complexity index is 2740. The number of halogens is 2. The minimum Gasteiger partial charge on any atom is -0.184 e. The fourth-order valence-corrected chi connectivity index (χ4v) is 11.6. The van der Waals surface area contributed by atoms with E-state index >= 15 is 0 Å². The van der Waals surface area contributed by atoms with Gasteiger partial charge in [-0.25, -0.2) is 0 Å². The van der Waals surface area contributed by atoms with E-state index in [1.807, 2.05) is 6.07 Å². The van der Waals surface area contributed by atoms with Gasteiger partial charge in [0.1, 0.15) is 0 Å². The molecule has 1 aliphatic heterocycles. The molecule has 378 valence electrons. The van der Waals surface area contributed by atoms with Gasteiger partial charge in [0, 0.05) is 0 Å². The maximum Gasteiger partial charge on any atom is 0.0920 e. The van der Waals surface area contributed by atoms with Gasteiger partial charge in [0.2, 0.25) is 0 Å². The van der Waals surface area contributed by atoms with E-state index in [-0.39, 0.29) is 0 Å². The van der Waals surface area contributed by atoms with Crippen molar-refractivity contribution in [1.29, 1.82) is 0 Å². The molecule has 4 heteroatoms. The summed E-state index contributed by atoms with van der Waals surface area (Å²) < 4.78 is 0. The van der Waals surface area contributed by atoms with Crippen LogP contribution in [0.4, 0.5) is 0 Å². The number of rotatable bonds is 14. The Hall–Kier alpha value is -3.78. The molecule has 0 amide bonds. The fourth-order valence-electron chi connectivity index (χ4n) is 10.3. The third-order valence-corrected chi connectivity index (χ3v) is 15.3. The van der Waals surface area contributed by atoms with Crippen LogP contribution < -0.4 is 10.4 Å². The molecule has 9 rings (SSSR count). The molecular formula is C68H81Cl2SiZr-3. The Morgan fingerprint density at radius 3 is 1.29 bits per heavy atom. The summed E-state index contributed by atoms with van der Waals surface area (Å²) >= 11 is -0.826. The average Bonchev–Trinajstić information content (AvgIpc) is 4.06. The van der Waals surface area contributed by atoms with Crippen molar-refractivity contribution in [3.8, 4) is 33.4 Å². The Labute approximate surface area is 458 Å². The maximum absolute atomic E-state index is 4.93. The van der Waals surface area contributed by atoms with E-state index < -0.39 is 20.8 Å².